The van der Waals surface area contributed by atoms with Gasteiger partial charge in [-0.2, -0.15) is 5.10 Å². The van der Waals surface area contributed by atoms with E-state index in [1.165, 1.54) is 17.4 Å². The molecule has 2 heterocycles. The number of ether oxygens (including phenoxy) is 1. The quantitative estimate of drug-likeness (QED) is 0.802. The first kappa shape index (κ1) is 17.7. The molecule has 2 N–H and O–H groups in total. The highest BCUT2D eigenvalue weighted by atomic mass is 32.1. The van der Waals surface area contributed by atoms with Gasteiger partial charge in [-0.15, -0.1) is 0 Å². The van der Waals surface area contributed by atoms with E-state index < -0.39 is 17.7 Å². The first-order valence-corrected chi connectivity index (χ1v) is 7.92. The van der Waals surface area contributed by atoms with Crippen LogP contribution in [0, 0.1) is 0 Å². The van der Waals surface area contributed by atoms with E-state index in [0.29, 0.717) is 17.2 Å². The number of hydrogen-bond acceptors (Lipinski definition) is 6. The van der Waals surface area contributed by atoms with Crippen LogP contribution in [0.2, 0.25) is 0 Å². The molecule has 0 saturated carbocycles. The van der Waals surface area contributed by atoms with E-state index in [-0.39, 0.29) is 0 Å². The molecular formula is C15H18N4O4S. The van der Waals surface area contributed by atoms with Crippen molar-refractivity contribution < 1.29 is 19.4 Å². The van der Waals surface area contributed by atoms with Crippen LogP contribution in [-0.4, -0.2) is 37.5 Å². The molecule has 0 aliphatic rings. The number of carbonyl (C=O) groups excluding carboxylic acids is 1. The van der Waals surface area contributed by atoms with E-state index in [2.05, 4.69) is 15.4 Å². The second-order valence-corrected chi connectivity index (χ2v) is 6.95. The molecule has 2 aromatic rings. The topological polar surface area (TPSA) is 106 Å². The zero-order valence-corrected chi connectivity index (χ0v) is 14.3. The molecule has 0 atom stereocenters. The van der Waals surface area contributed by atoms with Gasteiger partial charge in [-0.25, -0.2) is 19.3 Å². The number of carboxylic acid groups (broad SMARTS) is 1. The zero-order chi connectivity index (χ0) is 17.7. The van der Waals surface area contributed by atoms with Crippen molar-refractivity contribution in [1.29, 1.82) is 0 Å². The highest BCUT2D eigenvalue weighted by molar-refractivity contribution is 7.14. The summed E-state index contributed by atoms with van der Waals surface area (Å²) in [5, 5.41) is 16.0. The summed E-state index contributed by atoms with van der Waals surface area (Å²) in [7, 11) is 0. The van der Waals surface area contributed by atoms with E-state index in [4.69, 9.17) is 9.84 Å². The van der Waals surface area contributed by atoms with E-state index >= 15 is 0 Å². The van der Waals surface area contributed by atoms with Crippen LogP contribution in [0.25, 0.3) is 11.2 Å². The van der Waals surface area contributed by atoms with Crippen LogP contribution < -0.4 is 5.32 Å². The van der Waals surface area contributed by atoms with Crippen molar-refractivity contribution in [2.24, 2.45) is 0 Å². The Morgan fingerprint density at radius 2 is 2.17 bits per heavy atom. The van der Waals surface area contributed by atoms with Crippen LogP contribution in [0.3, 0.4) is 0 Å². The fourth-order valence-electron chi connectivity index (χ4n) is 1.65. The lowest BCUT2D eigenvalue weighted by atomic mass is 10.2. The second-order valence-electron chi connectivity index (χ2n) is 5.85. The smallest absolute Gasteiger partial charge is 0.407 e. The third-order valence-corrected chi connectivity index (χ3v) is 3.55. The predicted octanol–water partition coefficient (Wildman–Crippen LogP) is 2.45. The van der Waals surface area contributed by atoms with Gasteiger partial charge in [-0.1, -0.05) is 11.3 Å². The minimum atomic E-state index is -1.02. The number of carboxylic acids is 1. The highest BCUT2D eigenvalue weighted by Gasteiger charge is 2.16. The number of nitrogens with one attached hydrogen (secondary N) is 1. The number of nitrogens with zero attached hydrogens (tertiary/aromatic N) is 3. The average Bonchev–Trinajstić information content (AvgIpc) is 3.10. The van der Waals surface area contributed by atoms with Crippen molar-refractivity contribution in [3.63, 3.8) is 0 Å². The molecule has 0 fully saturated rings. The summed E-state index contributed by atoms with van der Waals surface area (Å²) in [6, 6.07) is 0. The Morgan fingerprint density at radius 3 is 2.83 bits per heavy atom. The van der Waals surface area contributed by atoms with Gasteiger partial charge in [-0.3, -0.25) is 0 Å². The Morgan fingerprint density at radius 1 is 1.42 bits per heavy atom. The lowest BCUT2D eigenvalue weighted by molar-refractivity contribution is -0.131. The summed E-state index contributed by atoms with van der Waals surface area (Å²) in [6.45, 7) is 5.70. The number of rotatable bonds is 5. The van der Waals surface area contributed by atoms with Crippen LogP contribution >= 0.6 is 11.3 Å². The molecule has 8 nitrogen and oxygen atoms in total. The largest absolute Gasteiger partial charge is 0.478 e. The molecule has 0 saturated heterocycles. The number of aliphatic carboxylic acids is 1. The normalized spacial score (nSPS) is 11.6. The second kappa shape index (κ2) is 7.26. The molecule has 128 valence electrons. The molecule has 2 aromatic heterocycles. The lowest BCUT2D eigenvalue weighted by Gasteiger charge is -2.19. The van der Waals surface area contributed by atoms with E-state index in [1.807, 2.05) is 0 Å². The van der Waals surface area contributed by atoms with Crippen LogP contribution in [0.5, 0.6) is 0 Å². The molecule has 0 spiro atoms. The molecule has 0 unspecified atom stereocenters. The standard InChI is InChI=1S/C15H18N4O4S/c1-15(2,3)23-14(22)17-8-11-7-16-13(24-11)19-9-10(6-18-19)4-5-12(20)21/h4-7,9H,8H2,1-3H3,(H,17,22)(H,20,21)/b5-4+. The maximum atomic E-state index is 11.6. The number of hydrogen-bond donors (Lipinski definition) is 2. The monoisotopic (exact) mass is 350 g/mol. The van der Waals surface area contributed by atoms with Crippen LogP contribution in [-0.2, 0) is 16.1 Å². The van der Waals surface area contributed by atoms with Gasteiger partial charge >= 0.3 is 12.1 Å². The Balaban J connectivity index is 1.96. The molecule has 0 bridgehead atoms. The molecule has 1 amide bonds. The van der Waals surface area contributed by atoms with E-state index in [9.17, 15) is 9.59 Å². The zero-order valence-electron chi connectivity index (χ0n) is 13.5. The summed E-state index contributed by atoms with van der Waals surface area (Å²) < 4.78 is 6.71. The van der Waals surface area contributed by atoms with Crippen LogP contribution in [0.4, 0.5) is 4.79 Å². The SMILES string of the molecule is CC(C)(C)OC(=O)NCc1cnc(-n2cc(/C=C/C(=O)O)cn2)s1. The first-order chi connectivity index (χ1) is 11.2. The minimum Gasteiger partial charge on any atom is -0.478 e. The van der Waals surface area contributed by atoms with Gasteiger partial charge in [0.05, 0.1) is 12.7 Å². The number of alkyl carbamates (subject to hydrolysis) is 1. The molecule has 0 aromatic carbocycles. The van der Waals surface area contributed by atoms with Crippen molar-refractivity contribution in [1.82, 2.24) is 20.1 Å². The van der Waals surface area contributed by atoms with Gasteiger partial charge in [-0.05, 0) is 26.8 Å². The Kier molecular flexibility index (Phi) is 5.35. The predicted molar refractivity (Wildman–Crippen MR) is 89.0 cm³/mol. The minimum absolute atomic E-state index is 0.305. The fourth-order valence-corrected chi connectivity index (χ4v) is 2.44. The summed E-state index contributed by atoms with van der Waals surface area (Å²) >= 11 is 1.36. The summed E-state index contributed by atoms with van der Waals surface area (Å²) in [5.74, 6) is -1.02. The number of carbonyl (C=O) groups is 2. The molecule has 2 rings (SSSR count). The molecule has 0 radical (unpaired) electrons. The van der Waals surface area contributed by atoms with Gasteiger partial charge in [0.2, 0.25) is 5.13 Å². The Bertz CT molecular complexity index is 758. The van der Waals surface area contributed by atoms with E-state index in [1.54, 1.807) is 44.0 Å². The van der Waals surface area contributed by atoms with Crippen molar-refractivity contribution >= 4 is 29.5 Å². The fraction of sp³-hybridized carbons (Fsp3) is 0.333. The molecule has 0 aliphatic carbocycles. The molecular weight excluding hydrogens is 332 g/mol. The van der Waals surface area contributed by atoms with E-state index in [0.717, 1.165) is 11.0 Å². The van der Waals surface area contributed by atoms with Crippen molar-refractivity contribution in [2.45, 2.75) is 32.9 Å². The summed E-state index contributed by atoms with van der Waals surface area (Å²) in [5.41, 5.74) is 0.110. The Labute approximate surface area is 142 Å². The van der Waals surface area contributed by atoms with Gasteiger partial charge in [0.25, 0.3) is 0 Å². The van der Waals surface area contributed by atoms with Gasteiger partial charge in [0.15, 0.2) is 0 Å². The molecule has 9 heteroatoms. The number of thiazole rings is 1. The maximum Gasteiger partial charge on any atom is 0.407 e. The van der Waals surface area contributed by atoms with Crippen molar-refractivity contribution in [3.8, 4) is 5.13 Å². The lowest BCUT2D eigenvalue weighted by Crippen LogP contribution is -2.31. The van der Waals surface area contributed by atoms with Gasteiger partial charge in [0.1, 0.15) is 5.60 Å². The average molecular weight is 350 g/mol. The Hall–Kier alpha value is -2.68. The van der Waals surface area contributed by atoms with Crippen molar-refractivity contribution in [2.75, 3.05) is 0 Å². The molecule has 0 aliphatic heterocycles. The van der Waals surface area contributed by atoms with Gasteiger partial charge < -0.3 is 15.2 Å². The van der Waals surface area contributed by atoms with Crippen LogP contribution in [0.1, 0.15) is 31.2 Å². The number of amides is 1. The third-order valence-electron chi connectivity index (χ3n) is 2.56. The van der Waals surface area contributed by atoms with Gasteiger partial charge in [0, 0.05) is 28.9 Å². The van der Waals surface area contributed by atoms with Crippen molar-refractivity contribution in [3.05, 3.63) is 35.1 Å². The third kappa shape index (κ3) is 5.51. The van der Waals surface area contributed by atoms with Crippen LogP contribution in [0.15, 0.2) is 24.7 Å². The number of aromatic nitrogens is 3. The maximum absolute atomic E-state index is 11.6. The first-order valence-electron chi connectivity index (χ1n) is 7.10. The molecule has 24 heavy (non-hydrogen) atoms. The summed E-state index contributed by atoms with van der Waals surface area (Å²) in [6.07, 6.45) is 6.86. The summed E-state index contributed by atoms with van der Waals surface area (Å²) in [4.78, 5) is 27.2. The highest BCUT2D eigenvalue weighted by Crippen LogP contribution is 2.17.